The van der Waals surface area contributed by atoms with Crippen LogP contribution in [0.2, 0.25) is 0 Å². The van der Waals surface area contributed by atoms with Crippen molar-refractivity contribution in [2.24, 2.45) is 11.7 Å². The number of alkyl halides is 3. The van der Waals surface area contributed by atoms with Crippen molar-refractivity contribution in [3.05, 3.63) is 64.5 Å². The van der Waals surface area contributed by atoms with E-state index >= 15 is 0 Å². The zero-order chi connectivity index (χ0) is 22.8. The maximum Gasteiger partial charge on any atom is 0.453 e. The zero-order valence-electron chi connectivity index (χ0n) is 16.7. The van der Waals surface area contributed by atoms with Crippen molar-refractivity contribution in [1.29, 1.82) is 0 Å². The number of nitrogens with two attached hydrogens (primary N) is 1. The fourth-order valence-corrected chi connectivity index (χ4v) is 2.90. The van der Waals surface area contributed by atoms with Crippen molar-refractivity contribution < 1.29 is 31.9 Å². The van der Waals surface area contributed by atoms with E-state index in [0.717, 1.165) is 6.07 Å². The highest BCUT2D eigenvalue weighted by Crippen LogP contribution is 2.38. The van der Waals surface area contributed by atoms with Crippen LogP contribution in [0.25, 0.3) is 11.0 Å². The minimum absolute atomic E-state index is 0.0457. The molecule has 0 spiro atoms. The van der Waals surface area contributed by atoms with Crippen molar-refractivity contribution in [3.8, 4) is 17.2 Å². The van der Waals surface area contributed by atoms with E-state index in [2.05, 4.69) is 0 Å². The number of esters is 1. The lowest BCUT2D eigenvalue weighted by Gasteiger charge is -2.15. The first kappa shape index (κ1) is 22.4. The van der Waals surface area contributed by atoms with Crippen molar-refractivity contribution >= 4 is 16.9 Å². The Labute approximate surface area is 175 Å². The molecule has 1 unspecified atom stereocenters. The molecule has 164 valence electrons. The molecule has 1 aromatic heterocycles. The Morgan fingerprint density at radius 3 is 2.39 bits per heavy atom. The Balaban J connectivity index is 2.02. The highest BCUT2D eigenvalue weighted by atomic mass is 19.4. The molecule has 3 aromatic rings. The first-order valence-corrected chi connectivity index (χ1v) is 9.44. The molecule has 2 N–H and O–H groups in total. The summed E-state index contributed by atoms with van der Waals surface area (Å²) < 4.78 is 56.1. The molecule has 1 heterocycles. The minimum Gasteiger partial charge on any atom is -0.449 e. The van der Waals surface area contributed by atoms with Gasteiger partial charge >= 0.3 is 12.1 Å². The summed E-state index contributed by atoms with van der Waals surface area (Å²) in [6.07, 6.45) is -4.62. The van der Waals surface area contributed by atoms with Gasteiger partial charge in [0.15, 0.2) is 0 Å². The number of carbonyl (C=O) groups is 1. The van der Waals surface area contributed by atoms with E-state index < -0.39 is 40.7 Å². The fraction of sp³-hybridized carbons (Fsp3) is 0.273. The van der Waals surface area contributed by atoms with Crippen LogP contribution in [0.5, 0.6) is 17.2 Å². The van der Waals surface area contributed by atoms with Gasteiger partial charge in [0.2, 0.25) is 11.2 Å². The molecule has 0 saturated heterocycles. The smallest absolute Gasteiger partial charge is 0.449 e. The Hall–Kier alpha value is -3.33. The minimum atomic E-state index is -5.00. The first-order valence-electron chi connectivity index (χ1n) is 9.44. The van der Waals surface area contributed by atoms with Crippen molar-refractivity contribution in [2.75, 3.05) is 0 Å². The molecule has 31 heavy (non-hydrogen) atoms. The maximum absolute atomic E-state index is 13.6. The van der Waals surface area contributed by atoms with E-state index in [1.165, 1.54) is 24.3 Å². The highest BCUT2D eigenvalue weighted by Gasteiger charge is 2.40. The first-order chi connectivity index (χ1) is 14.6. The van der Waals surface area contributed by atoms with E-state index in [-0.39, 0.29) is 22.8 Å². The fourth-order valence-electron chi connectivity index (χ4n) is 2.90. The number of halogens is 3. The molecule has 2 aromatic carbocycles. The maximum atomic E-state index is 13.6. The number of hydrogen-bond donors (Lipinski definition) is 1. The molecule has 9 heteroatoms. The van der Waals surface area contributed by atoms with Crippen LogP contribution >= 0.6 is 0 Å². The lowest BCUT2D eigenvalue weighted by Crippen LogP contribution is -2.35. The van der Waals surface area contributed by atoms with E-state index in [4.69, 9.17) is 19.6 Å². The topological polar surface area (TPSA) is 91.8 Å². The van der Waals surface area contributed by atoms with E-state index in [9.17, 15) is 22.8 Å². The second-order valence-corrected chi connectivity index (χ2v) is 7.32. The molecule has 0 radical (unpaired) electrons. The zero-order valence-corrected chi connectivity index (χ0v) is 16.7. The summed E-state index contributed by atoms with van der Waals surface area (Å²) in [4.78, 5) is 24.8. The molecular formula is C22H20F3NO5. The standard InChI is InChI=1S/C22H20F3NO5/c1-12(2)10-16(26)21(28)30-14-8-9-15-17(11-14)31-20(22(23,24)25)19(18(15)27)29-13-6-4-3-5-7-13/h3-9,11-12,16H,10,26H2,1-2H3. The van der Waals surface area contributed by atoms with Gasteiger partial charge in [-0.2, -0.15) is 13.2 Å². The second kappa shape index (κ2) is 8.81. The van der Waals surface area contributed by atoms with Gasteiger partial charge in [-0.15, -0.1) is 0 Å². The Kier molecular flexibility index (Phi) is 6.35. The summed E-state index contributed by atoms with van der Waals surface area (Å²) in [5.41, 5.74) is 4.35. The number of carbonyl (C=O) groups excluding carboxylic acids is 1. The van der Waals surface area contributed by atoms with Crippen LogP contribution in [0.15, 0.2) is 57.7 Å². The van der Waals surface area contributed by atoms with Gasteiger partial charge < -0.3 is 19.6 Å². The quantitative estimate of drug-likeness (QED) is 0.438. The number of ether oxygens (including phenoxy) is 2. The van der Waals surface area contributed by atoms with Crippen LogP contribution in [0, 0.1) is 5.92 Å². The molecule has 3 rings (SSSR count). The van der Waals surface area contributed by atoms with Crippen molar-refractivity contribution in [3.63, 3.8) is 0 Å². The molecule has 0 amide bonds. The molecule has 6 nitrogen and oxygen atoms in total. The van der Waals surface area contributed by atoms with Gasteiger partial charge in [-0.25, -0.2) is 4.79 Å². The van der Waals surface area contributed by atoms with Gasteiger partial charge in [0.25, 0.3) is 5.76 Å². The van der Waals surface area contributed by atoms with Gasteiger partial charge in [-0.1, -0.05) is 32.0 Å². The average molecular weight is 435 g/mol. The average Bonchev–Trinajstić information content (AvgIpc) is 2.69. The van der Waals surface area contributed by atoms with Crippen molar-refractivity contribution in [2.45, 2.75) is 32.5 Å². The number of benzene rings is 2. The Morgan fingerprint density at radius 1 is 1.10 bits per heavy atom. The number of fused-ring (bicyclic) bond motifs is 1. The van der Waals surface area contributed by atoms with Crippen LogP contribution in [0.1, 0.15) is 26.0 Å². The van der Waals surface area contributed by atoms with Gasteiger partial charge in [0.05, 0.1) is 5.39 Å². The monoisotopic (exact) mass is 435 g/mol. The number of para-hydroxylation sites is 1. The third-order valence-electron chi connectivity index (χ3n) is 4.29. The summed E-state index contributed by atoms with van der Waals surface area (Å²) in [7, 11) is 0. The van der Waals surface area contributed by atoms with Gasteiger partial charge in [0, 0.05) is 6.07 Å². The molecule has 1 atom stereocenters. The van der Waals surface area contributed by atoms with Crippen LogP contribution in [0.3, 0.4) is 0 Å². The van der Waals surface area contributed by atoms with E-state index in [1.807, 2.05) is 13.8 Å². The lowest BCUT2D eigenvalue weighted by molar-refractivity contribution is -0.154. The summed E-state index contributed by atoms with van der Waals surface area (Å²) >= 11 is 0. The number of hydrogen-bond acceptors (Lipinski definition) is 6. The van der Waals surface area contributed by atoms with Crippen LogP contribution in [-0.4, -0.2) is 12.0 Å². The third kappa shape index (κ3) is 5.24. The molecule has 0 aliphatic heterocycles. The molecule has 0 aliphatic carbocycles. The molecular weight excluding hydrogens is 415 g/mol. The highest BCUT2D eigenvalue weighted by molar-refractivity contribution is 5.82. The summed E-state index contributed by atoms with van der Waals surface area (Å²) in [6, 6.07) is 10.2. The van der Waals surface area contributed by atoms with Crippen molar-refractivity contribution in [1.82, 2.24) is 0 Å². The van der Waals surface area contributed by atoms with Crippen LogP contribution in [0.4, 0.5) is 13.2 Å². The third-order valence-corrected chi connectivity index (χ3v) is 4.29. The molecule has 0 fully saturated rings. The van der Waals surface area contributed by atoms with Crippen LogP contribution < -0.4 is 20.6 Å². The SMILES string of the molecule is CC(C)CC(N)C(=O)Oc1ccc2c(=O)c(Oc3ccccc3)c(C(F)(F)F)oc2c1. The Morgan fingerprint density at radius 2 is 1.77 bits per heavy atom. The second-order valence-electron chi connectivity index (χ2n) is 7.32. The normalized spacial score (nSPS) is 12.7. The molecule has 0 saturated carbocycles. The largest absolute Gasteiger partial charge is 0.453 e. The van der Waals surface area contributed by atoms with Crippen LogP contribution in [-0.2, 0) is 11.0 Å². The molecule has 0 bridgehead atoms. The van der Waals surface area contributed by atoms with E-state index in [0.29, 0.717) is 6.42 Å². The lowest BCUT2D eigenvalue weighted by atomic mass is 10.1. The Bertz CT molecular complexity index is 1140. The summed E-state index contributed by atoms with van der Waals surface area (Å²) in [5.74, 6) is -3.21. The van der Waals surface area contributed by atoms with Gasteiger partial charge in [0.1, 0.15) is 23.1 Å². The predicted octanol–water partition coefficient (Wildman–Crippen LogP) is 4.88. The predicted molar refractivity (Wildman–Crippen MR) is 107 cm³/mol. The number of rotatable bonds is 6. The van der Waals surface area contributed by atoms with E-state index in [1.54, 1.807) is 18.2 Å². The summed E-state index contributed by atoms with van der Waals surface area (Å²) in [5, 5.41) is -0.162. The van der Waals surface area contributed by atoms with Gasteiger partial charge in [-0.05, 0) is 36.6 Å². The summed E-state index contributed by atoms with van der Waals surface area (Å²) in [6.45, 7) is 3.76. The molecule has 0 aliphatic rings. The van der Waals surface area contributed by atoms with Gasteiger partial charge in [-0.3, -0.25) is 4.79 Å².